The van der Waals surface area contributed by atoms with Gasteiger partial charge in [0.2, 0.25) is 0 Å². The van der Waals surface area contributed by atoms with E-state index in [1.165, 1.54) is 12.1 Å². The van der Waals surface area contributed by atoms with Gasteiger partial charge in [-0.3, -0.25) is 4.21 Å². The largest absolute Gasteiger partial charge is 0.385 e. The molecule has 3 rings (SSSR count). The molecule has 1 N–H and O–H groups in total. The van der Waals surface area contributed by atoms with Crippen LogP contribution in [0.4, 0.5) is 4.39 Å². The number of rotatable bonds is 1. The molecular formula is C16H21FO2S. The minimum Gasteiger partial charge on any atom is -0.385 e. The highest BCUT2D eigenvalue weighted by Gasteiger charge is 2.47. The maximum absolute atomic E-state index is 13.5. The van der Waals surface area contributed by atoms with Gasteiger partial charge in [0.1, 0.15) is 5.82 Å². The van der Waals surface area contributed by atoms with Crippen LogP contribution in [0.25, 0.3) is 0 Å². The van der Waals surface area contributed by atoms with E-state index in [1.54, 1.807) is 0 Å². The summed E-state index contributed by atoms with van der Waals surface area (Å²) < 4.78 is 25.8. The normalized spacial score (nSPS) is 36.9. The second-order valence-electron chi connectivity index (χ2n) is 6.36. The van der Waals surface area contributed by atoms with Gasteiger partial charge in [-0.15, -0.1) is 0 Å². The van der Waals surface area contributed by atoms with Gasteiger partial charge >= 0.3 is 0 Å². The maximum Gasteiger partial charge on any atom is 0.123 e. The highest BCUT2D eigenvalue weighted by molar-refractivity contribution is 7.86. The second-order valence-corrected chi connectivity index (χ2v) is 8.35. The van der Waals surface area contributed by atoms with Gasteiger partial charge in [0.25, 0.3) is 0 Å². The third kappa shape index (κ3) is 2.23. The number of aryl methyl sites for hydroxylation is 2. The number of halogens is 1. The van der Waals surface area contributed by atoms with Gasteiger partial charge in [-0.05, 0) is 68.4 Å². The van der Waals surface area contributed by atoms with E-state index < -0.39 is 16.4 Å². The molecule has 0 saturated carbocycles. The summed E-state index contributed by atoms with van der Waals surface area (Å²) in [5, 5.41) is 11.3. The Hall–Kier alpha value is -0.740. The fraction of sp³-hybridized carbons (Fsp3) is 0.625. The predicted octanol–water partition coefficient (Wildman–Crippen LogP) is 3.09. The first-order chi connectivity index (χ1) is 9.40. The molecule has 0 aromatic heterocycles. The Morgan fingerprint density at radius 3 is 2.20 bits per heavy atom. The fourth-order valence-corrected chi connectivity index (χ4v) is 6.35. The van der Waals surface area contributed by atoms with Crippen LogP contribution in [0.2, 0.25) is 0 Å². The molecule has 110 valence electrons. The van der Waals surface area contributed by atoms with Crippen molar-refractivity contribution in [3.05, 3.63) is 34.6 Å². The Balaban J connectivity index is 2.03. The molecule has 2 aliphatic rings. The molecule has 2 aliphatic heterocycles. The van der Waals surface area contributed by atoms with E-state index in [0.29, 0.717) is 12.8 Å². The molecule has 2 unspecified atom stereocenters. The first-order valence-corrected chi connectivity index (χ1v) is 8.57. The van der Waals surface area contributed by atoms with Crippen LogP contribution >= 0.6 is 0 Å². The minimum absolute atomic E-state index is 0.0938. The van der Waals surface area contributed by atoms with Gasteiger partial charge in [0.05, 0.1) is 5.60 Å². The summed E-state index contributed by atoms with van der Waals surface area (Å²) in [6.45, 7) is 3.70. The molecule has 1 aromatic rings. The zero-order valence-corrected chi connectivity index (χ0v) is 12.8. The van der Waals surface area contributed by atoms with Crippen LogP contribution in [0.3, 0.4) is 0 Å². The first kappa shape index (κ1) is 14.2. The van der Waals surface area contributed by atoms with Crippen molar-refractivity contribution in [1.82, 2.24) is 0 Å². The summed E-state index contributed by atoms with van der Waals surface area (Å²) in [5.41, 5.74) is 1.52. The maximum atomic E-state index is 13.5. The Morgan fingerprint density at radius 1 is 1.20 bits per heavy atom. The van der Waals surface area contributed by atoms with E-state index in [9.17, 15) is 13.7 Å². The Bertz CT molecular complexity index is 531. The number of fused-ring (bicyclic) bond motifs is 2. The van der Waals surface area contributed by atoms with Gasteiger partial charge < -0.3 is 5.11 Å². The Labute approximate surface area is 121 Å². The summed E-state index contributed by atoms with van der Waals surface area (Å²) in [4.78, 5) is 0. The van der Waals surface area contributed by atoms with Gasteiger partial charge in [-0.1, -0.05) is 6.42 Å². The third-order valence-corrected chi connectivity index (χ3v) is 6.92. The SMILES string of the molecule is Cc1cc(F)cc(C)c1C1(O)CC2CCCC(C1)S2=O. The quantitative estimate of drug-likeness (QED) is 0.864. The van der Waals surface area contributed by atoms with Crippen LogP contribution in [0.5, 0.6) is 0 Å². The summed E-state index contributed by atoms with van der Waals surface area (Å²) in [5.74, 6) is -0.257. The van der Waals surface area contributed by atoms with E-state index in [1.807, 2.05) is 13.8 Å². The highest BCUT2D eigenvalue weighted by Crippen LogP contribution is 2.46. The van der Waals surface area contributed by atoms with Crippen molar-refractivity contribution in [3.8, 4) is 0 Å². The number of hydrogen-bond acceptors (Lipinski definition) is 2. The molecule has 0 amide bonds. The molecule has 2 saturated heterocycles. The van der Waals surface area contributed by atoms with Crippen LogP contribution in [0.15, 0.2) is 12.1 Å². The molecule has 2 nitrogen and oxygen atoms in total. The average molecular weight is 296 g/mol. The summed E-state index contributed by atoms with van der Waals surface area (Å²) in [6.07, 6.45) is 4.07. The molecule has 2 bridgehead atoms. The smallest absolute Gasteiger partial charge is 0.123 e. The summed E-state index contributed by atoms with van der Waals surface area (Å²) in [7, 11) is -0.808. The number of aliphatic hydroxyl groups is 1. The molecule has 1 aromatic carbocycles. The van der Waals surface area contributed by atoms with Crippen molar-refractivity contribution in [2.45, 2.75) is 62.1 Å². The lowest BCUT2D eigenvalue weighted by molar-refractivity contribution is 0.00536. The molecule has 0 spiro atoms. The standard InChI is InChI=1S/C16H21FO2S/c1-10-6-12(17)7-11(2)15(10)16(18)8-13-4-3-5-14(9-16)20(13)19/h6-7,13-14,18H,3-5,8-9H2,1-2H3. The van der Waals surface area contributed by atoms with Gasteiger partial charge in [0.15, 0.2) is 0 Å². The number of hydrogen-bond donors (Lipinski definition) is 1. The summed E-state index contributed by atoms with van der Waals surface area (Å²) >= 11 is 0. The van der Waals surface area contributed by atoms with Crippen molar-refractivity contribution >= 4 is 10.8 Å². The average Bonchev–Trinajstić information content (AvgIpc) is 2.30. The van der Waals surface area contributed by atoms with Crippen molar-refractivity contribution < 1.29 is 13.7 Å². The third-order valence-electron chi connectivity index (χ3n) is 4.80. The molecule has 2 fully saturated rings. The van der Waals surface area contributed by atoms with Crippen LogP contribution in [-0.2, 0) is 16.4 Å². The monoisotopic (exact) mass is 296 g/mol. The van der Waals surface area contributed by atoms with Gasteiger partial charge in [0, 0.05) is 21.3 Å². The van der Waals surface area contributed by atoms with Crippen LogP contribution in [0, 0.1) is 19.7 Å². The van der Waals surface area contributed by atoms with Crippen LogP contribution in [-0.4, -0.2) is 19.8 Å². The van der Waals surface area contributed by atoms with E-state index in [2.05, 4.69) is 0 Å². The lowest BCUT2D eigenvalue weighted by atomic mass is 9.77. The van der Waals surface area contributed by atoms with Crippen molar-refractivity contribution in [1.29, 1.82) is 0 Å². The highest BCUT2D eigenvalue weighted by atomic mass is 32.2. The van der Waals surface area contributed by atoms with Crippen LogP contribution in [0.1, 0.15) is 48.8 Å². The zero-order chi connectivity index (χ0) is 14.5. The van der Waals surface area contributed by atoms with E-state index in [4.69, 9.17) is 0 Å². The Morgan fingerprint density at radius 2 is 1.70 bits per heavy atom. The van der Waals surface area contributed by atoms with Crippen LogP contribution < -0.4 is 0 Å². The molecule has 0 aliphatic carbocycles. The molecule has 0 radical (unpaired) electrons. The first-order valence-electron chi connectivity index (χ1n) is 7.30. The summed E-state index contributed by atoms with van der Waals surface area (Å²) in [6, 6.07) is 2.98. The van der Waals surface area contributed by atoms with E-state index in [0.717, 1.165) is 36.0 Å². The Kier molecular flexibility index (Phi) is 3.49. The molecule has 4 heteroatoms. The van der Waals surface area contributed by atoms with Gasteiger partial charge in [-0.2, -0.15) is 0 Å². The lowest BCUT2D eigenvalue weighted by Gasteiger charge is -2.44. The van der Waals surface area contributed by atoms with Crippen molar-refractivity contribution in [3.63, 3.8) is 0 Å². The van der Waals surface area contributed by atoms with Gasteiger partial charge in [-0.25, -0.2) is 4.39 Å². The second kappa shape index (κ2) is 4.92. The van der Waals surface area contributed by atoms with E-state index in [-0.39, 0.29) is 16.3 Å². The van der Waals surface area contributed by atoms with Crippen molar-refractivity contribution in [2.75, 3.05) is 0 Å². The zero-order valence-electron chi connectivity index (χ0n) is 12.0. The topological polar surface area (TPSA) is 37.3 Å². The number of benzene rings is 1. The minimum atomic E-state index is -0.939. The molecule has 2 heterocycles. The lowest BCUT2D eigenvalue weighted by Crippen LogP contribution is -2.47. The van der Waals surface area contributed by atoms with E-state index >= 15 is 0 Å². The predicted molar refractivity (Wildman–Crippen MR) is 78.6 cm³/mol. The molecule has 20 heavy (non-hydrogen) atoms. The fourth-order valence-electron chi connectivity index (χ4n) is 4.13. The molecular weight excluding hydrogens is 275 g/mol. The molecule has 2 atom stereocenters. The van der Waals surface area contributed by atoms with Crippen molar-refractivity contribution in [2.24, 2.45) is 0 Å².